The average molecular weight is 401 g/mol. The van der Waals surface area contributed by atoms with Gasteiger partial charge in [-0.25, -0.2) is 0 Å². The number of nitrogens with one attached hydrogen (secondary N) is 2. The van der Waals surface area contributed by atoms with Gasteiger partial charge in [0.1, 0.15) is 17.3 Å². The van der Waals surface area contributed by atoms with Gasteiger partial charge < -0.3 is 10.6 Å². The van der Waals surface area contributed by atoms with E-state index in [-0.39, 0.29) is 11.3 Å². The lowest BCUT2D eigenvalue weighted by molar-refractivity contribution is -0.384. The molecule has 0 aliphatic rings. The SMILES string of the molecule is CNc1ccc(C=C(C#N)C(=O)Nc2ccccc2Br)cc1[N+](=O)[O-]. The maximum atomic E-state index is 12.3. The number of amides is 1. The molecule has 0 heterocycles. The Morgan fingerprint density at radius 3 is 2.60 bits per heavy atom. The number of hydrogen-bond acceptors (Lipinski definition) is 5. The third kappa shape index (κ3) is 4.43. The van der Waals surface area contributed by atoms with E-state index in [2.05, 4.69) is 26.6 Å². The first kappa shape index (κ1) is 18.2. The lowest BCUT2D eigenvalue weighted by atomic mass is 10.1. The lowest BCUT2D eigenvalue weighted by Crippen LogP contribution is -2.13. The number of rotatable bonds is 5. The number of hydrogen-bond donors (Lipinski definition) is 2. The van der Waals surface area contributed by atoms with Crippen LogP contribution in [0.15, 0.2) is 52.5 Å². The predicted octanol–water partition coefficient (Wildman–Crippen LogP) is 3.94. The molecule has 0 fully saturated rings. The van der Waals surface area contributed by atoms with Crippen molar-refractivity contribution in [2.24, 2.45) is 0 Å². The maximum absolute atomic E-state index is 12.3. The molecule has 0 saturated carbocycles. The van der Waals surface area contributed by atoms with Crippen LogP contribution in [0.3, 0.4) is 0 Å². The summed E-state index contributed by atoms with van der Waals surface area (Å²) >= 11 is 3.30. The van der Waals surface area contributed by atoms with Crippen LogP contribution in [0.1, 0.15) is 5.56 Å². The van der Waals surface area contributed by atoms with Gasteiger partial charge in [-0.15, -0.1) is 0 Å². The Labute approximate surface area is 152 Å². The quantitative estimate of drug-likeness (QED) is 0.341. The molecule has 0 unspecified atom stereocenters. The minimum absolute atomic E-state index is 0.139. The summed E-state index contributed by atoms with van der Waals surface area (Å²) in [6, 6.07) is 13.2. The molecule has 0 aliphatic heterocycles. The van der Waals surface area contributed by atoms with Crippen LogP contribution < -0.4 is 10.6 Å². The fourth-order valence-corrected chi connectivity index (χ4v) is 2.45. The van der Waals surface area contributed by atoms with Crippen LogP contribution in [0.2, 0.25) is 0 Å². The van der Waals surface area contributed by atoms with E-state index in [4.69, 9.17) is 0 Å². The maximum Gasteiger partial charge on any atom is 0.292 e. The topological polar surface area (TPSA) is 108 Å². The second-order valence-corrected chi connectivity index (χ2v) is 5.74. The first-order valence-corrected chi connectivity index (χ1v) is 7.89. The van der Waals surface area contributed by atoms with E-state index in [1.807, 2.05) is 6.07 Å². The van der Waals surface area contributed by atoms with Crippen LogP contribution in [0.25, 0.3) is 6.08 Å². The number of carbonyl (C=O) groups excluding carboxylic acids is 1. The van der Waals surface area contributed by atoms with Crippen molar-refractivity contribution >= 4 is 45.0 Å². The number of nitro benzene ring substituents is 1. The number of nitrogens with zero attached hydrogens (tertiary/aromatic N) is 2. The molecule has 0 aliphatic carbocycles. The van der Waals surface area contributed by atoms with Gasteiger partial charge in [0.05, 0.1) is 10.6 Å². The van der Waals surface area contributed by atoms with Crippen molar-refractivity contribution in [3.8, 4) is 6.07 Å². The first-order chi connectivity index (χ1) is 12.0. The van der Waals surface area contributed by atoms with Crippen molar-refractivity contribution in [1.82, 2.24) is 0 Å². The van der Waals surface area contributed by atoms with Crippen molar-refractivity contribution < 1.29 is 9.72 Å². The monoisotopic (exact) mass is 400 g/mol. The second-order valence-electron chi connectivity index (χ2n) is 4.89. The van der Waals surface area contributed by atoms with Crippen molar-refractivity contribution in [2.45, 2.75) is 0 Å². The molecule has 2 aromatic carbocycles. The van der Waals surface area contributed by atoms with E-state index < -0.39 is 10.8 Å². The summed E-state index contributed by atoms with van der Waals surface area (Å²) in [5.74, 6) is -0.602. The number of anilines is 2. The Morgan fingerprint density at radius 1 is 1.28 bits per heavy atom. The van der Waals surface area contributed by atoms with Crippen molar-refractivity contribution in [2.75, 3.05) is 17.7 Å². The minimum Gasteiger partial charge on any atom is -0.383 e. The van der Waals surface area contributed by atoms with Crippen LogP contribution in [0.5, 0.6) is 0 Å². The zero-order valence-corrected chi connectivity index (χ0v) is 14.7. The number of halogens is 1. The van der Waals surface area contributed by atoms with Gasteiger partial charge in [0, 0.05) is 17.6 Å². The summed E-state index contributed by atoms with van der Waals surface area (Å²) in [6.07, 6.45) is 1.30. The first-order valence-electron chi connectivity index (χ1n) is 7.10. The van der Waals surface area contributed by atoms with Crippen molar-refractivity contribution in [3.05, 3.63) is 68.2 Å². The Morgan fingerprint density at radius 2 is 2.00 bits per heavy atom. The van der Waals surface area contributed by atoms with Crippen molar-refractivity contribution in [1.29, 1.82) is 5.26 Å². The highest BCUT2D eigenvalue weighted by Gasteiger charge is 2.15. The normalized spacial score (nSPS) is 10.7. The summed E-state index contributed by atoms with van der Waals surface area (Å²) in [5.41, 5.74) is 0.940. The molecule has 2 rings (SSSR count). The predicted molar refractivity (Wildman–Crippen MR) is 99.0 cm³/mol. The van der Waals surface area contributed by atoms with Crippen LogP contribution in [-0.4, -0.2) is 17.9 Å². The third-order valence-electron chi connectivity index (χ3n) is 3.29. The highest BCUT2D eigenvalue weighted by atomic mass is 79.9. The minimum atomic E-state index is -0.602. The molecule has 7 nitrogen and oxygen atoms in total. The van der Waals surface area contributed by atoms with E-state index in [1.165, 1.54) is 18.2 Å². The molecule has 0 saturated heterocycles. The summed E-state index contributed by atoms with van der Waals surface area (Å²) in [5, 5.41) is 25.7. The van der Waals surface area contributed by atoms with Gasteiger partial charge in [0.25, 0.3) is 11.6 Å². The number of carbonyl (C=O) groups is 1. The zero-order valence-electron chi connectivity index (χ0n) is 13.1. The van der Waals surface area contributed by atoms with Gasteiger partial charge >= 0.3 is 0 Å². The standard InChI is InChI=1S/C17H13BrN4O3/c1-20-15-7-6-11(9-16(15)22(24)25)8-12(10-19)17(23)21-14-5-3-2-4-13(14)18/h2-9,20H,1H3,(H,21,23). The molecule has 0 aromatic heterocycles. The largest absolute Gasteiger partial charge is 0.383 e. The molecule has 1 amide bonds. The fourth-order valence-electron chi connectivity index (χ4n) is 2.07. The van der Waals surface area contributed by atoms with Gasteiger partial charge in [-0.1, -0.05) is 18.2 Å². The molecule has 2 aromatic rings. The van der Waals surface area contributed by atoms with E-state index in [9.17, 15) is 20.2 Å². The second kappa shape index (κ2) is 8.08. The van der Waals surface area contributed by atoms with Gasteiger partial charge in [-0.3, -0.25) is 14.9 Å². The lowest BCUT2D eigenvalue weighted by Gasteiger charge is -2.07. The van der Waals surface area contributed by atoms with Crippen molar-refractivity contribution in [3.63, 3.8) is 0 Å². The van der Waals surface area contributed by atoms with E-state index in [0.29, 0.717) is 21.4 Å². The van der Waals surface area contributed by atoms with Gasteiger partial charge in [0.15, 0.2) is 0 Å². The smallest absolute Gasteiger partial charge is 0.292 e. The third-order valence-corrected chi connectivity index (χ3v) is 3.98. The van der Waals surface area contributed by atoms with Crippen LogP contribution in [0.4, 0.5) is 17.1 Å². The van der Waals surface area contributed by atoms with Gasteiger partial charge in [-0.05, 0) is 45.8 Å². The molecular weight excluding hydrogens is 388 g/mol. The Balaban J connectivity index is 2.33. The van der Waals surface area contributed by atoms with E-state index in [1.54, 1.807) is 37.4 Å². The number of nitro groups is 1. The Bertz CT molecular complexity index is 903. The molecule has 0 bridgehead atoms. The summed E-state index contributed by atoms with van der Waals surface area (Å²) in [6.45, 7) is 0. The molecule has 0 radical (unpaired) electrons. The fraction of sp³-hybridized carbons (Fsp3) is 0.0588. The van der Waals surface area contributed by atoms with Crippen LogP contribution in [0, 0.1) is 21.4 Å². The molecule has 0 atom stereocenters. The van der Waals surface area contributed by atoms with E-state index >= 15 is 0 Å². The zero-order chi connectivity index (χ0) is 18.4. The molecular formula is C17H13BrN4O3. The number of benzene rings is 2. The summed E-state index contributed by atoms with van der Waals surface area (Å²) < 4.78 is 0.676. The summed E-state index contributed by atoms with van der Waals surface area (Å²) in [4.78, 5) is 22.8. The molecule has 8 heteroatoms. The highest BCUT2D eigenvalue weighted by molar-refractivity contribution is 9.10. The molecule has 25 heavy (non-hydrogen) atoms. The van der Waals surface area contributed by atoms with Gasteiger partial charge in [0.2, 0.25) is 0 Å². The molecule has 126 valence electrons. The molecule has 2 N–H and O–H groups in total. The molecule has 0 spiro atoms. The Kier molecular flexibility index (Phi) is 5.87. The summed E-state index contributed by atoms with van der Waals surface area (Å²) in [7, 11) is 1.57. The van der Waals surface area contributed by atoms with Crippen LogP contribution in [-0.2, 0) is 4.79 Å². The van der Waals surface area contributed by atoms with E-state index in [0.717, 1.165) is 0 Å². The highest BCUT2D eigenvalue weighted by Crippen LogP contribution is 2.26. The Hall–Kier alpha value is -3.18. The average Bonchev–Trinajstić information content (AvgIpc) is 2.61. The van der Waals surface area contributed by atoms with Gasteiger partial charge in [-0.2, -0.15) is 5.26 Å². The number of para-hydroxylation sites is 1. The van der Waals surface area contributed by atoms with Crippen LogP contribution >= 0.6 is 15.9 Å². The number of nitriles is 1.